The molecule has 1 fully saturated rings. The Kier molecular flexibility index (Phi) is 8.04. The van der Waals surface area contributed by atoms with Crippen LogP contribution in [0.4, 0.5) is 0 Å². The van der Waals surface area contributed by atoms with Gasteiger partial charge in [-0.3, -0.25) is 0 Å². The van der Waals surface area contributed by atoms with Gasteiger partial charge in [0.25, 0.3) is 0 Å². The Morgan fingerprint density at radius 3 is 2.76 bits per heavy atom. The van der Waals surface area contributed by atoms with Crippen molar-refractivity contribution in [3.8, 4) is 5.75 Å². The number of rotatable bonds is 6. The molecule has 1 unspecified atom stereocenters. The maximum Gasteiger partial charge on any atom is 0.122 e. The number of nitrogens with one attached hydrogen (secondary N) is 1. The van der Waals surface area contributed by atoms with Crippen molar-refractivity contribution in [2.24, 2.45) is 0 Å². The van der Waals surface area contributed by atoms with Gasteiger partial charge in [0.2, 0.25) is 0 Å². The molecule has 1 aliphatic heterocycles. The van der Waals surface area contributed by atoms with Crippen LogP contribution in [0, 0.1) is 13.8 Å². The molecule has 2 N–H and O–H groups in total. The molecule has 1 aromatic rings. The van der Waals surface area contributed by atoms with Crippen LogP contribution in [0.15, 0.2) is 18.2 Å². The zero-order chi connectivity index (χ0) is 14.4. The second-order valence-corrected chi connectivity index (χ2v) is 5.46. The van der Waals surface area contributed by atoms with Gasteiger partial charge in [-0.05, 0) is 43.9 Å². The molecular formula is C16H26ClNO3. The van der Waals surface area contributed by atoms with Gasteiger partial charge in [-0.1, -0.05) is 12.1 Å². The Bertz CT molecular complexity index is 422. The fourth-order valence-electron chi connectivity index (χ4n) is 2.33. The number of hydrogen-bond donors (Lipinski definition) is 2. The minimum atomic E-state index is -0.488. The average Bonchev–Trinajstić information content (AvgIpc) is 2.48. The Labute approximate surface area is 133 Å². The lowest BCUT2D eigenvalue weighted by Crippen LogP contribution is -2.40. The molecule has 1 atom stereocenters. The Morgan fingerprint density at radius 2 is 2.05 bits per heavy atom. The Hall–Kier alpha value is -0.810. The van der Waals surface area contributed by atoms with Crippen LogP contribution in [-0.4, -0.2) is 43.6 Å². The summed E-state index contributed by atoms with van der Waals surface area (Å²) < 4.78 is 11.0. The normalized spacial score (nSPS) is 17.1. The molecular weight excluding hydrogens is 290 g/mol. The Balaban J connectivity index is 0.00000220. The van der Waals surface area contributed by atoms with Crippen molar-refractivity contribution in [2.75, 3.05) is 26.4 Å². The van der Waals surface area contributed by atoms with Crippen LogP contribution in [-0.2, 0) is 4.74 Å². The molecule has 0 spiro atoms. The van der Waals surface area contributed by atoms with Gasteiger partial charge >= 0.3 is 0 Å². The first-order valence-corrected chi connectivity index (χ1v) is 7.35. The zero-order valence-electron chi connectivity index (χ0n) is 12.8. The van der Waals surface area contributed by atoms with Crippen molar-refractivity contribution in [1.82, 2.24) is 5.32 Å². The van der Waals surface area contributed by atoms with Crippen LogP contribution in [0.3, 0.4) is 0 Å². The second-order valence-electron chi connectivity index (χ2n) is 5.46. The SMILES string of the molecule is Cc1cccc(OCC(O)CNC2CCOCC2)c1C.Cl. The number of aryl methyl sites for hydroxylation is 1. The van der Waals surface area contributed by atoms with Gasteiger partial charge in [0, 0.05) is 25.8 Å². The topological polar surface area (TPSA) is 50.7 Å². The van der Waals surface area contributed by atoms with Crippen molar-refractivity contribution in [3.63, 3.8) is 0 Å². The molecule has 0 aliphatic carbocycles. The third kappa shape index (κ3) is 5.83. The summed E-state index contributed by atoms with van der Waals surface area (Å²) in [6.07, 6.45) is 1.55. The van der Waals surface area contributed by atoms with E-state index in [2.05, 4.69) is 18.3 Å². The van der Waals surface area contributed by atoms with E-state index in [9.17, 15) is 5.11 Å². The number of hydrogen-bond acceptors (Lipinski definition) is 4. The van der Waals surface area contributed by atoms with Crippen LogP contribution in [0.2, 0.25) is 0 Å². The third-order valence-electron chi connectivity index (χ3n) is 3.85. The molecule has 120 valence electrons. The lowest BCUT2D eigenvalue weighted by molar-refractivity contribution is 0.0654. The molecule has 1 aromatic carbocycles. The molecule has 0 bridgehead atoms. The highest BCUT2D eigenvalue weighted by molar-refractivity contribution is 5.85. The second kappa shape index (κ2) is 9.26. The summed E-state index contributed by atoms with van der Waals surface area (Å²) in [6, 6.07) is 6.44. The zero-order valence-corrected chi connectivity index (χ0v) is 13.6. The molecule has 0 amide bonds. The molecule has 0 saturated carbocycles. The molecule has 1 saturated heterocycles. The van der Waals surface area contributed by atoms with E-state index in [1.807, 2.05) is 19.1 Å². The fourth-order valence-corrected chi connectivity index (χ4v) is 2.33. The highest BCUT2D eigenvalue weighted by Gasteiger charge is 2.15. The summed E-state index contributed by atoms with van der Waals surface area (Å²) in [5, 5.41) is 13.4. The van der Waals surface area contributed by atoms with Gasteiger partial charge in [-0.2, -0.15) is 0 Å². The van der Waals surface area contributed by atoms with Gasteiger partial charge < -0.3 is 19.9 Å². The molecule has 5 heteroatoms. The van der Waals surface area contributed by atoms with Crippen LogP contribution < -0.4 is 10.1 Å². The summed E-state index contributed by atoms with van der Waals surface area (Å²) >= 11 is 0. The van der Waals surface area contributed by atoms with E-state index in [1.54, 1.807) is 0 Å². The summed E-state index contributed by atoms with van der Waals surface area (Å²) in [4.78, 5) is 0. The fraction of sp³-hybridized carbons (Fsp3) is 0.625. The standard InChI is InChI=1S/C16H25NO3.ClH/c1-12-4-3-5-16(13(12)2)20-11-15(18)10-17-14-6-8-19-9-7-14;/h3-5,14-15,17-18H,6-11H2,1-2H3;1H. The van der Waals surface area contributed by atoms with E-state index < -0.39 is 6.10 Å². The van der Waals surface area contributed by atoms with Gasteiger partial charge in [0.15, 0.2) is 0 Å². The van der Waals surface area contributed by atoms with Crippen LogP contribution in [0.5, 0.6) is 5.75 Å². The van der Waals surface area contributed by atoms with Crippen LogP contribution >= 0.6 is 12.4 Å². The molecule has 2 rings (SSSR count). The molecule has 0 aromatic heterocycles. The minimum absolute atomic E-state index is 0. The lowest BCUT2D eigenvalue weighted by Gasteiger charge is -2.24. The van der Waals surface area contributed by atoms with Crippen molar-refractivity contribution in [2.45, 2.75) is 38.8 Å². The lowest BCUT2D eigenvalue weighted by atomic mass is 10.1. The van der Waals surface area contributed by atoms with Crippen LogP contribution in [0.1, 0.15) is 24.0 Å². The average molecular weight is 316 g/mol. The van der Waals surface area contributed by atoms with Gasteiger partial charge in [0.05, 0.1) is 0 Å². The minimum Gasteiger partial charge on any atom is -0.491 e. The number of aliphatic hydroxyl groups is 1. The van der Waals surface area contributed by atoms with Crippen molar-refractivity contribution in [3.05, 3.63) is 29.3 Å². The van der Waals surface area contributed by atoms with Crippen molar-refractivity contribution in [1.29, 1.82) is 0 Å². The first-order valence-electron chi connectivity index (χ1n) is 7.35. The smallest absolute Gasteiger partial charge is 0.122 e. The van der Waals surface area contributed by atoms with E-state index in [-0.39, 0.29) is 12.4 Å². The predicted octanol–water partition coefficient (Wildman–Crippen LogP) is 2.23. The van der Waals surface area contributed by atoms with E-state index in [0.29, 0.717) is 19.2 Å². The molecule has 1 heterocycles. The van der Waals surface area contributed by atoms with Crippen LogP contribution in [0.25, 0.3) is 0 Å². The van der Waals surface area contributed by atoms with Gasteiger partial charge in [-0.25, -0.2) is 0 Å². The maximum atomic E-state index is 9.98. The van der Waals surface area contributed by atoms with Gasteiger partial charge in [-0.15, -0.1) is 12.4 Å². The third-order valence-corrected chi connectivity index (χ3v) is 3.85. The largest absolute Gasteiger partial charge is 0.491 e. The van der Waals surface area contributed by atoms with Gasteiger partial charge in [0.1, 0.15) is 18.5 Å². The van der Waals surface area contributed by atoms with E-state index in [1.165, 1.54) is 5.56 Å². The van der Waals surface area contributed by atoms with E-state index in [4.69, 9.17) is 9.47 Å². The quantitative estimate of drug-likeness (QED) is 0.845. The molecule has 21 heavy (non-hydrogen) atoms. The van der Waals surface area contributed by atoms with E-state index in [0.717, 1.165) is 37.4 Å². The first kappa shape index (κ1) is 18.2. The number of benzene rings is 1. The highest BCUT2D eigenvalue weighted by Crippen LogP contribution is 2.20. The summed E-state index contributed by atoms with van der Waals surface area (Å²) in [6.45, 7) is 6.61. The number of ether oxygens (including phenoxy) is 2. The summed E-state index contributed by atoms with van der Waals surface area (Å²) in [5.74, 6) is 0.857. The first-order chi connectivity index (χ1) is 9.66. The number of aliphatic hydroxyl groups excluding tert-OH is 1. The predicted molar refractivity (Wildman–Crippen MR) is 86.5 cm³/mol. The molecule has 1 aliphatic rings. The van der Waals surface area contributed by atoms with Crippen molar-refractivity contribution >= 4 is 12.4 Å². The monoisotopic (exact) mass is 315 g/mol. The number of halogens is 1. The Morgan fingerprint density at radius 1 is 1.33 bits per heavy atom. The maximum absolute atomic E-state index is 9.98. The summed E-state index contributed by atoms with van der Waals surface area (Å²) in [7, 11) is 0. The van der Waals surface area contributed by atoms with E-state index >= 15 is 0 Å². The summed E-state index contributed by atoms with van der Waals surface area (Å²) in [5.41, 5.74) is 2.34. The highest BCUT2D eigenvalue weighted by atomic mass is 35.5. The molecule has 4 nitrogen and oxygen atoms in total. The molecule has 0 radical (unpaired) electrons. The van der Waals surface area contributed by atoms with Crippen molar-refractivity contribution < 1.29 is 14.6 Å².